The van der Waals surface area contributed by atoms with E-state index in [-0.39, 0.29) is 18.0 Å². The zero-order chi connectivity index (χ0) is 19.6. The molecule has 3 heterocycles. The van der Waals surface area contributed by atoms with Gasteiger partial charge in [0.15, 0.2) is 0 Å². The number of hydrogen-bond donors (Lipinski definition) is 1. The second-order valence-corrected chi connectivity index (χ2v) is 9.08. The van der Waals surface area contributed by atoms with Crippen molar-refractivity contribution in [2.45, 2.75) is 36.4 Å². The number of carbonyl (C=O) groups excluding carboxylic acids is 1. The normalized spacial score (nSPS) is 24.9. The Morgan fingerprint density at radius 3 is 2.79 bits per heavy atom. The standard InChI is InChI=1S/C18H24N6O3S/c25-18(7-9-23-14-19-13-21-23)20-10-16-12-24(15-6-8-22(16)11-15)28(26,27)17-4-2-1-3-5-17/h1-5,13-16H,6-12H2,(H,20,25)/t15-,16+/m0/s1. The van der Waals surface area contributed by atoms with Gasteiger partial charge in [-0.25, -0.2) is 13.4 Å². The number of piperazine rings is 1. The summed E-state index contributed by atoms with van der Waals surface area (Å²) in [5.41, 5.74) is 0. The minimum atomic E-state index is -3.53. The third kappa shape index (κ3) is 3.94. The van der Waals surface area contributed by atoms with Crippen LogP contribution in [0.2, 0.25) is 0 Å². The fourth-order valence-corrected chi connectivity index (χ4v) is 5.61. The Labute approximate surface area is 164 Å². The van der Waals surface area contributed by atoms with Gasteiger partial charge in [0.25, 0.3) is 0 Å². The molecule has 2 saturated heterocycles. The zero-order valence-electron chi connectivity index (χ0n) is 15.5. The molecule has 1 aromatic heterocycles. The molecule has 0 saturated carbocycles. The van der Waals surface area contributed by atoms with Crippen LogP contribution in [0.3, 0.4) is 0 Å². The van der Waals surface area contributed by atoms with E-state index in [9.17, 15) is 13.2 Å². The highest BCUT2D eigenvalue weighted by Gasteiger charge is 2.44. The lowest BCUT2D eigenvalue weighted by Gasteiger charge is -2.39. The Morgan fingerprint density at radius 2 is 2.04 bits per heavy atom. The molecule has 1 N–H and O–H groups in total. The second kappa shape index (κ2) is 7.98. The van der Waals surface area contributed by atoms with E-state index in [1.165, 1.54) is 6.33 Å². The van der Waals surface area contributed by atoms with E-state index in [1.807, 2.05) is 6.07 Å². The van der Waals surface area contributed by atoms with Gasteiger partial charge in [-0.2, -0.15) is 9.40 Å². The Balaban J connectivity index is 1.38. The molecular weight excluding hydrogens is 380 g/mol. The number of hydrogen-bond acceptors (Lipinski definition) is 6. The van der Waals surface area contributed by atoms with Crippen molar-refractivity contribution in [2.24, 2.45) is 0 Å². The van der Waals surface area contributed by atoms with E-state index in [0.29, 0.717) is 37.5 Å². The molecule has 0 spiro atoms. The third-order valence-corrected chi connectivity index (χ3v) is 7.36. The molecule has 0 radical (unpaired) electrons. The van der Waals surface area contributed by atoms with Gasteiger partial charge in [-0.05, 0) is 18.6 Å². The van der Waals surface area contributed by atoms with Crippen LogP contribution in [-0.4, -0.2) is 76.6 Å². The average molecular weight is 404 g/mol. The summed E-state index contributed by atoms with van der Waals surface area (Å²) in [6.07, 6.45) is 4.14. The number of aromatic nitrogens is 3. The van der Waals surface area contributed by atoms with Crippen molar-refractivity contribution in [3.63, 3.8) is 0 Å². The third-order valence-electron chi connectivity index (χ3n) is 5.43. The summed E-state index contributed by atoms with van der Waals surface area (Å²) in [6, 6.07) is 8.55. The minimum Gasteiger partial charge on any atom is -0.354 e. The van der Waals surface area contributed by atoms with Crippen LogP contribution in [0.4, 0.5) is 0 Å². The van der Waals surface area contributed by atoms with Gasteiger partial charge in [0.05, 0.1) is 11.4 Å². The number of nitrogens with one attached hydrogen (secondary N) is 1. The van der Waals surface area contributed by atoms with Gasteiger partial charge in [-0.1, -0.05) is 18.2 Å². The summed E-state index contributed by atoms with van der Waals surface area (Å²) in [7, 11) is -3.53. The van der Waals surface area contributed by atoms with Crippen LogP contribution in [0.25, 0.3) is 0 Å². The first-order valence-electron chi connectivity index (χ1n) is 9.44. The monoisotopic (exact) mass is 404 g/mol. The summed E-state index contributed by atoms with van der Waals surface area (Å²) in [5.74, 6) is -0.0747. The lowest BCUT2D eigenvalue weighted by atomic mass is 10.2. The molecule has 1 amide bonds. The van der Waals surface area contributed by atoms with Crippen molar-refractivity contribution in [1.82, 2.24) is 29.3 Å². The predicted octanol–water partition coefficient (Wildman–Crippen LogP) is -0.0682. The van der Waals surface area contributed by atoms with E-state index in [2.05, 4.69) is 20.3 Å². The molecule has 3 atom stereocenters. The Bertz CT molecular complexity index is 903. The Hall–Kier alpha value is -2.30. The molecular formula is C18H24N6O3S. The number of rotatable bonds is 7. The Kier molecular flexibility index (Phi) is 5.42. The van der Waals surface area contributed by atoms with Crippen molar-refractivity contribution in [3.05, 3.63) is 43.0 Å². The van der Waals surface area contributed by atoms with Crippen LogP contribution < -0.4 is 5.32 Å². The first kappa shape index (κ1) is 19.0. The summed E-state index contributed by atoms with van der Waals surface area (Å²) in [5, 5.41) is 6.92. The van der Waals surface area contributed by atoms with Crippen LogP contribution >= 0.6 is 0 Å². The van der Waals surface area contributed by atoms with Crippen molar-refractivity contribution >= 4 is 15.9 Å². The second-order valence-electron chi connectivity index (χ2n) is 7.19. The summed E-state index contributed by atoms with van der Waals surface area (Å²) in [4.78, 5) is 18.6. The molecule has 2 aliphatic rings. The van der Waals surface area contributed by atoms with Crippen molar-refractivity contribution in [2.75, 3.05) is 26.2 Å². The van der Waals surface area contributed by atoms with Gasteiger partial charge in [0.2, 0.25) is 15.9 Å². The number of aryl methyl sites for hydroxylation is 1. The molecule has 2 aromatic rings. The molecule has 1 unspecified atom stereocenters. The van der Waals surface area contributed by atoms with E-state index in [4.69, 9.17) is 0 Å². The maximum Gasteiger partial charge on any atom is 0.243 e. The van der Waals surface area contributed by atoms with Crippen molar-refractivity contribution < 1.29 is 13.2 Å². The average Bonchev–Trinajstić information content (AvgIpc) is 3.37. The van der Waals surface area contributed by atoms with Crippen LogP contribution in [-0.2, 0) is 21.4 Å². The molecule has 2 aliphatic heterocycles. The van der Waals surface area contributed by atoms with Gasteiger partial charge in [0, 0.05) is 44.7 Å². The fraction of sp³-hybridized carbons (Fsp3) is 0.500. The van der Waals surface area contributed by atoms with E-state index >= 15 is 0 Å². The number of amides is 1. The van der Waals surface area contributed by atoms with Gasteiger partial charge in [0.1, 0.15) is 12.7 Å². The molecule has 1 aromatic carbocycles. The smallest absolute Gasteiger partial charge is 0.243 e. The maximum absolute atomic E-state index is 13.1. The summed E-state index contributed by atoms with van der Waals surface area (Å²) in [6.45, 7) is 2.86. The number of nitrogens with zero attached hydrogens (tertiary/aromatic N) is 5. The summed E-state index contributed by atoms with van der Waals surface area (Å²) < 4.78 is 29.4. The largest absolute Gasteiger partial charge is 0.354 e. The molecule has 0 aliphatic carbocycles. The first-order chi connectivity index (χ1) is 13.5. The van der Waals surface area contributed by atoms with Crippen LogP contribution in [0, 0.1) is 0 Å². The number of sulfonamides is 1. The van der Waals surface area contributed by atoms with Crippen LogP contribution in [0.1, 0.15) is 12.8 Å². The molecule has 10 heteroatoms. The quantitative estimate of drug-likeness (QED) is 0.694. The highest BCUT2D eigenvalue weighted by atomic mass is 32.2. The highest BCUT2D eigenvalue weighted by molar-refractivity contribution is 7.89. The number of benzene rings is 1. The first-order valence-corrected chi connectivity index (χ1v) is 10.9. The topological polar surface area (TPSA) is 100 Å². The molecule has 9 nitrogen and oxygen atoms in total. The predicted molar refractivity (Wildman–Crippen MR) is 102 cm³/mol. The van der Waals surface area contributed by atoms with Crippen molar-refractivity contribution in [3.8, 4) is 0 Å². The lowest BCUT2D eigenvalue weighted by Crippen LogP contribution is -2.57. The molecule has 28 heavy (non-hydrogen) atoms. The minimum absolute atomic E-state index is 0.00414. The van der Waals surface area contributed by atoms with Crippen molar-refractivity contribution in [1.29, 1.82) is 0 Å². The van der Waals surface area contributed by atoms with Gasteiger partial charge in [-0.15, -0.1) is 0 Å². The fourth-order valence-electron chi connectivity index (χ4n) is 3.91. The van der Waals surface area contributed by atoms with Crippen LogP contribution in [0.15, 0.2) is 47.9 Å². The number of carbonyl (C=O) groups is 1. The van der Waals surface area contributed by atoms with Gasteiger partial charge >= 0.3 is 0 Å². The zero-order valence-corrected chi connectivity index (χ0v) is 16.3. The lowest BCUT2D eigenvalue weighted by molar-refractivity contribution is -0.121. The molecule has 4 rings (SSSR count). The SMILES string of the molecule is O=C(CCn1cncn1)NC[C@@H]1CN(S(=O)(=O)c2ccccc2)[C@H]2CCN1C2. The van der Waals surface area contributed by atoms with E-state index in [0.717, 1.165) is 13.0 Å². The molecule has 2 bridgehead atoms. The van der Waals surface area contributed by atoms with Gasteiger partial charge in [-0.3, -0.25) is 14.4 Å². The molecule has 150 valence electrons. The molecule has 2 fully saturated rings. The number of fused-ring (bicyclic) bond motifs is 2. The summed E-state index contributed by atoms with van der Waals surface area (Å²) >= 11 is 0. The van der Waals surface area contributed by atoms with E-state index in [1.54, 1.807) is 39.6 Å². The van der Waals surface area contributed by atoms with Gasteiger partial charge < -0.3 is 5.32 Å². The maximum atomic E-state index is 13.1. The Morgan fingerprint density at radius 1 is 1.21 bits per heavy atom. The highest BCUT2D eigenvalue weighted by Crippen LogP contribution is 2.29. The van der Waals surface area contributed by atoms with Crippen LogP contribution in [0.5, 0.6) is 0 Å². The van der Waals surface area contributed by atoms with E-state index < -0.39 is 10.0 Å².